The zero-order valence-electron chi connectivity index (χ0n) is 13.9. The molecule has 2 heterocycles. The highest BCUT2D eigenvalue weighted by molar-refractivity contribution is 5.27. The van der Waals surface area contributed by atoms with Gasteiger partial charge in [-0.25, -0.2) is 0 Å². The molecule has 0 unspecified atom stereocenters. The Hall–Kier alpha value is -1.70. The van der Waals surface area contributed by atoms with Gasteiger partial charge in [0, 0.05) is 24.3 Å². The van der Waals surface area contributed by atoms with Crippen molar-refractivity contribution < 1.29 is 0 Å². The van der Waals surface area contributed by atoms with Crippen LogP contribution in [0.3, 0.4) is 0 Å². The van der Waals surface area contributed by atoms with Gasteiger partial charge in [-0.1, -0.05) is 26.8 Å². The van der Waals surface area contributed by atoms with Crippen molar-refractivity contribution in [1.82, 2.24) is 9.97 Å². The second-order valence-electron chi connectivity index (χ2n) is 6.43. The summed E-state index contributed by atoms with van der Waals surface area (Å²) in [4.78, 5) is 8.89. The second kappa shape index (κ2) is 6.84. The molecule has 0 fully saturated rings. The molecule has 2 aromatic heterocycles. The van der Waals surface area contributed by atoms with E-state index in [2.05, 4.69) is 62.9 Å². The maximum atomic E-state index is 4.59. The first kappa shape index (κ1) is 15.7. The summed E-state index contributed by atoms with van der Waals surface area (Å²) in [5, 5.41) is 0. The second-order valence-corrected chi connectivity index (χ2v) is 6.43. The van der Waals surface area contributed by atoms with Crippen molar-refractivity contribution in [1.29, 1.82) is 0 Å². The van der Waals surface area contributed by atoms with Gasteiger partial charge in [-0.15, -0.1) is 0 Å². The molecule has 0 aliphatic rings. The highest BCUT2D eigenvalue weighted by Gasteiger charge is 2.09. The summed E-state index contributed by atoms with van der Waals surface area (Å²) in [6.07, 6.45) is 8.17. The predicted octanol–water partition coefficient (Wildman–Crippen LogP) is 4.95. The lowest BCUT2D eigenvalue weighted by molar-refractivity contribution is 0.671. The van der Waals surface area contributed by atoms with Gasteiger partial charge in [0.2, 0.25) is 0 Å². The number of hydrogen-bond acceptors (Lipinski definition) is 2. The molecule has 0 saturated carbocycles. The molecule has 1 atom stereocenters. The van der Waals surface area contributed by atoms with Crippen LogP contribution in [0.5, 0.6) is 0 Å². The topological polar surface area (TPSA) is 25.8 Å². The molecule has 0 saturated heterocycles. The number of rotatable bonds is 5. The first-order valence-electron chi connectivity index (χ1n) is 7.84. The number of nitrogens with zero attached hydrogens (tertiary/aromatic N) is 2. The van der Waals surface area contributed by atoms with E-state index in [4.69, 9.17) is 0 Å². The van der Waals surface area contributed by atoms with Crippen molar-refractivity contribution in [3.63, 3.8) is 0 Å². The molecule has 0 aromatic carbocycles. The first-order chi connectivity index (χ1) is 9.97. The van der Waals surface area contributed by atoms with Gasteiger partial charge in [0.1, 0.15) is 0 Å². The fourth-order valence-corrected chi connectivity index (χ4v) is 2.57. The highest BCUT2D eigenvalue weighted by atomic mass is 14.7. The normalized spacial score (nSPS) is 12.7. The van der Waals surface area contributed by atoms with Crippen LogP contribution in [0.25, 0.3) is 0 Å². The van der Waals surface area contributed by atoms with E-state index in [0.717, 1.165) is 12.8 Å². The van der Waals surface area contributed by atoms with Gasteiger partial charge in [0.25, 0.3) is 0 Å². The first-order valence-corrected chi connectivity index (χ1v) is 7.84. The Kier molecular flexibility index (Phi) is 5.11. The fourth-order valence-electron chi connectivity index (χ4n) is 2.57. The molecule has 112 valence electrons. The fraction of sp³-hybridized carbons (Fsp3) is 0.474. The van der Waals surface area contributed by atoms with E-state index in [9.17, 15) is 0 Å². The van der Waals surface area contributed by atoms with Gasteiger partial charge in [0.15, 0.2) is 0 Å². The maximum absolute atomic E-state index is 4.59. The van der Waals surface area contributed by atoms with Gasteiger partial charge in [-0.2, -0.15) is 0 Å². The molecule has 0 aliphatic heterocycles. The van der Waals surface area contributed by atoms with Crippen LogP contribution >= 0.6 is 0 Å². The molecule has 0 N–H and O–H groups in total. The molecular formula is C19H26N2. The van der Waals surface area contributed by atoms with E-state index in [1.54, 1.807) is 0 Å². The predicted molar refractivity (Wildman–Crippen MR) is 88.8 cm³/mol. The number of pyridine rings is 2. The van der Waals surface area contributed by atoms with Crippen LogP contribution in [0.1, 0.15) is 67.0 Å². The molecule has 0 aliphatic carbocycles. The van der Waals surface area contributed by atoms with Crippen LogP contribution in [0.15, 0.2) is 30.7 Å². The molecule has 2 aromatic rings. The summed E-state index contributed by atoms with van der Waals surface area (Å²) in [7, 11) is 0. The summed E-state index contributed by atoms with van der Waals surface area (Å²) >= 11 is 0. The van der Waals surface area contributed by atoms with E-state index in [0.29, 0.717) is 11.8 Å². The monoisotopic (exact) mass is 282 g/mol. The molecule has 0 amide bonds. The lowest BCUT2D eigenvalue weighted by Gasteiger charge is -2.14. The molecule has 0 bridgehead atoms. The molecule has 2 rings (SSSR count). The number of aryl methyl sites for hydroxylation is 3. The number of hydrogen-bond donors (Lipinski definition) is 0. The molecule has 21 heavy (non-hydrogen) atoms. The van der Waals surface area contributed by atoms with E-state index in [1.807, 2.05) is 12.4 Å². The van der Waals surface area contributed by atoms with Crippen LogP contribution in [0.4, 0.5) is 0 Å². The van der Waals surface area contributed by atoms with Crippen LogP contribution in [-0.4, -0.2) is 9.97 Å². The van der Waals surface area contributed by atoms with Gasteiger partial charge in [-0.05, 0) is 66.8 Å². The summed E-state index contributed by atoms with van der Waals surface area (Å²) in [6, 6.07) is 4.48. The summed E-state index contributed by atoms with van der Waals surface area (Å²) in [5.41, 5.74) is 6.49. The highest BCUT2D eigenvalue weighted by Crippen LogP contribution is 2.23. The molecule has 2 nitrogen and oxygen atoms in total. The van der Waals surface area contributed by atoms with Crippen molar-refractivity contribution in [2.75, 3.05) is 0 Å². The van der Waals surface area contributed by atoms with Crippen molar-refractivity contribution in [3.8, 4) is 0 Å². The minimum Gasteiger partial charge on any atom is -0.264 e. The van der Waals surface area contributed by atoms with Crippen LogP contribution < -0.4 is 0 Å². The van der Waals surface area contributed by atoms with Gasteiger partial charge >= 0.3 is 0 Å². The van der Waals surface area contributed by atoms with Crippen LogP contribution in [0, 0.1) is 13.8 Å². The Labute approximate surface area is 128 Å². The molecule has 2 heteroatoms. The smallest absolute Gasteiger partial charge is 0.0431 e. The zero-order chi connectivity index (χ0) is 15.4. The summed E-state index contributed by atoms with van der Waals surface area (Å²) < 4.78 is 0. The van der Waals surface area contributed by atoms with Crippen molar-refractivity contribution in [2.45, 2.75) is 59.3 Å². The van der Waals surface area contributed by atoms with Crippen LogP contribution in [0.2, 0.25) is 0 Å². The SMILES string of the molecule is Cc1cncc([C@H](C)CCc2cnc(C(C)C)cc2C)c1. The Bertz CT molecular complexity index is 602. The van der Waals surface area contributed by atoms with E-state index < -0.39 is 0 Å². The third-order valence-corrected chi connectivity index (χ3v) is 4.14. The Morgan fingerprint density at radius 2 is 1.76 bits per heavy atom. The Morgan fingerprint density at radius 3 is 2.38 bits per heavy atom. The quantitative estimate of drug-likeness (QED) is 0.775. The minimum atomic E-state index is 0.495. The van der Waals surface area contributed by atoms with E-state index >= 15 is 0 Å². The summed E-state index contributed by atoms with van der Waals surface area (Å²) in [5.74, 6) is 1.02. The van der Waals surface area contributed by atoms with Crippen molar-refractivity contribution in [2.24, 2.45) is 0 Å². The van der Waals surface area contributed by atoms with Crippen molar-refractivity contribution >= 4 is 0 Å². The van der Waals surface area contributed by atoms with E-state index in [-0.39, 0.29) is 0 Å². The minimum absolute atomic E-state index is 0.495. The largest absolute Gasteiger partial charge is 0.264 e. The van der Waals surface area contributed by atoms with Crippen molar-refractivity contribution in [3.05, 3.63) is 58.7 Å². The Morgan fingerprint density at radius 1 is 1.00 bits per heavy atom. The van der Waals surface area contributed by atoms with Gasteiger partial charge < -0.3 is 0 Å². The number of aromatic nitrogens is 2. The molecular weight excluding hydrogens is 256 g/mol. The standard InChI is InChI=1S/C19H26N2/c1-13(2)19-9-16(5)17(12-21-19)7-6-15(4)18-8-14(3)10-20-11-18/h8-13,15H,6-7H2,1-5H3/t15-/m1/s1. The lowest BCUT2D eigenvalue weighted by atomic mass is 9.93. The summed E-state index contributed by atoms with van der Waals surface area (Å²) in [6.45, 7) is 11.0. The Balaban J connectivity index is 2.03. The maximum Gasteiger partial charge on any atom is 0.0431 e. The zero-order valence-corrected chi connectivity index (χ0v) is 13.9. The average molecular weight is 282 g/mol. The van der Waals surface area contributed by atoms with Gasteiger partial charge in [0.05, 0.1) is 0 Å². The average Bonchev–Trinajstić information content (AvgIpc) is 2.45. The third kappa shape index (κ3) is 4.13. The lowest BCUT2D eigenvalue weighted by Crippen LogP contribution is -2.01. The molecule has 0 spiro atoms. The molecule has 0 radical (unpaired) electrons. The van der Waals surface area contributed by atoms with Crippen LogP contribution in [-0.2, 0) is 6.42 Å². The third-order valence-electron chi connectivity index (χ3n) is 4.14. The van der Waals surface area contributed by atoms with E-state index in [1.165, 1.54) is 27.9 Å². The van der Waals surface area contributed by atoms with Gasteiger partial charge in [-0.3, -0.25) is 9.97 Å².